The smallest absolute Gasteiger partial charge is 0.256 e. The van der Waals surface area contributed by atoms with E-state index < -0.39 is 14.4 Å². The van der Waals surface area contributed by atoms with Crippen LogP contribution in [0.1, 0.15) is 104 Å². The highest BCUT2D eigenvalue weighted by Gasteiger charge is 2.45. The molecule has 1 aliphatic carbocycles. The van der Waals surface area contributed by atoms with E-state index in [9.17, 15) is 14.4 Å². The van der Waals surface area contributed by atoms with Crippen LogP contribution in [-0.2, 0) is 9.22 Å². The molecule has 3 fully saturated rings. The van der Waals surface area contributed by atoms with E-state index in [2.05, 4.69) is 47.0 Å². The first kappa shape index (κ1) is 41.3. The van der Waals surface area contributed by atoms with Gasteiger partial charge in [0, 0.05) is 36.8 Å². The lowest BCUT2D eigenvalue weighted by Gasteiger charge is -2.38. The highest BCUT2D eigenvalue weighted by Crippen LogP contribution is 2.50. The lowest BCUT2D eigenvalue weighted by atomic mass is 9.67. The van der Waals surface area contributed by atoms with Gasteiger partial charge in [0.25, 0.3) is 11.8 Å². The van der Waals surface area contributed by atoms with Crippen LogP contribution in [0.2, 0.25) is 18.1 Å². The SMILES string of the molecule is C=C1CC2C(=O)CC3CCC3c3cc(OCCCCCOc4cc(N)c(C(=O)N5CC(=C)C[C@H]5CO[Si](C)(C)C(C)(C)C)cc4OC)c(OC)cc3C(=O)N2C1. The number of unbranched alkanes of at least 4 members (excludes halogenated alkanes) is 2. The quantitative estimate of drug-likeness (QED) is 0.0878. The van der Waals surface area contributed by atoms with Crippen LogP contribution in [0, 0.1) is 5.92 Å². The van der Waals surface area contributed by atoms with Crippen molar-refractivity contribution in [2.24, 2.45) is 5.92 Å². The number of methoxy groups -OCH3 is 2. The fourth-order valence-electron chi connectivity index (χ4n) is 8.13. The summed E-state index contributed by atoms with van der Waals surface area (Å²) in [5, 5.41) is 0.0670. The number of rotatable bonds is 14. The van der Waals surface area contributed by atoms with Crippen molar-refractivity contribution in [2.75, 3.05) is 52.9 Å². The summed E-state index contributed by atoms with van der Waals surface area (Å²) in [4.78, 5) is 44.5. The monoisotopic (exact) mass is 787 g/mol. The van der Waals surface area contributed by atoms with Crippen LogP contribution in [0.25, 0.3) is 0 Å². The van der Waals surface area contributed by atoms with Crippen molar-refractivity contribution in [2.45, 2.75) is 108 Å². The fourth-order valence-corrected chi connectivity index (χ4v) is 9.17. The van der Waals surface area contributed by atoms with Gasteiger partial charge in [-0.2, -0.15) is 0 Å². The van der Waals surface area contributed by atoms with Gasteiger partial charge in [-0.05, 0) is 98.7 Å². The molecule has 3 aliphatic heterocycles. The zero-order valence-corrected chi connectivity index (χ0v) is 35.5. The average molecular weight is 788 g/mol. The third kappa shape index (κ3) is 8.51. The van der Waals surface area contributed by atoms with E-state index in [0.717, 1.165) is 48.8 Å². The minimum atomic E-state index is -2.00. The number of nitrogen functional groups attached to an aromatic ring is 1. The molecule has 2 amide bonds. The first-order valence-electron chi connectivity index (χ1n) is 20.1. The van der Waals surface area contributed by atoms with Gasteiger partial charge in [-0.3, -0.25) is 14.4 Å². The first-order valence-corrected chi connectivity index (χ1v) is 23.0. The van der Waals surface area contributed by atoms with Crippen LogP contribution in [0.3, 0.4) is 0 Å². The van der Waals surface area contributed by atoms with Crippen LogP contribution in [0.5, 0.6) is 23.0 Å². The molecule has 0 aromatic heterocycles. The van der Waals surface area contributed by atoms with Gasteiger partial charge < -0.3 is 38.9 Å². The molecule has 0 spiro atoms. The number of carbonyl (C=O) groups excluding carboxylic acids is 3. The van der Waals surface area contributed by atoms with E-state index in [-0.39, 0.29) is 40.5 Å². The molecule has 304 valence electrons. The Labute approximate surface area is 333 Å². The van der Waals surface area contributed by atoms with Crippen LogP contribution in [0.15, 0.2) is 48.6 Å². The number of hydrogen-bond acceptors (Lipinski definition) is 9. The van der Waals surface area contributed by atoms with E-state index in [1.54, 1.807) is 37.3 Å². The van der Waals surface area contributed by atoms with Crippen LogP contribution < -0.4 is 24.7 Å². The molecule has 12 heteroatoms. The molecule has 4 atom stereocenters. The number of ether oxygens (including phenoxy) is 4. The van der Waals surface area contributed by atoms with Crippen molar-refractivity contribution in [1.29, 1.82) is 0 Å². The second-order valence-corrected chi connectivity index (χ2v) is 22.4. The van der Waals surface area contributed by atoms with Gasteiger partial charge in [0.05, 0.1) is 51.7 Å². The number of fused-ring (bicyclic) bond motifs is 4. The number of hydrogen-bond donors (Lipinski definition) is 1. The molecule has 2 aromatic carbocycles. The Kier molecular flexibility index (Phi) is 12.3. The van der Waals surface area contributed by atoms with E-state index >= 15 is 0 Å². The van der Waals surface area contributed by atoms with Gasteiger partial charge in [-0.25, -0.2) is 0 Å². The summed E-state index contributed by atoms with van der Waals surface area (Å²) in [6.07, 6.45) is 6.02. The predicted octanol–water partition coefficient (Wildman–Crippen LogP) is 7.94. The minimum Gasteiger partial charge on any atom is -0.493 e. The summed E-state index contributed by atoms with van der Waals surface area (Å²) >= 11 is 0. The molecule has 3 unspecified atom stereocenters. The molecule has 6 rings (SSSR count). The summed E-state index contributed by atoms with van der Waals surface area (Å²) < 4.78 is 30.2. The lowest BCUT2D eigenvalue weighted by Crippen LogP contribution is -2.46. The van der Waals surface area contributed by atoms with Gasteiger partial charge in [-0.1, -0.05) is 45.1 Å². The van der Waals surface area contributed by atoms with Crippen molar-refractivity contribution in [1.82, 2.24) is 9.80 Å². The first-order chi connectivity index (χ1) is 26.5. The number of likely N-dealkylation sites (tertiary alicyclic amines) is 1. The van der Waals surface area contributed by atoms with E-state index in [1.165, 1.54) is 0 Å². The summed E-state index contributed by atoms with van der Waals surface area (Å²) in [6, 6.07) is 6.57. The number of nitrogens with two attached hydrogens (primary N) is 1. The molecule has 2 aromatic rings. The molecule has 2 saturated heterocycles. The van der Waals surface area contributed by atoms with Gasteiger partial charge in [-0.15, -0.1) is 0 Å². The minimum absolute atomic E-state index is 0.0670. The Morgan fingerprint density at radius 3 is 2.12 bits per heavy atom. The lowest BCUT2D eigenvalue weighted by molar-refractivity contribution is -0.124. The molecule has 0 radical (unpaired) electrons. The Morgan fingerprint density at radius 1 is 0.857 bits per heavy atom. The summed E-state index contributed by atoms with van der Waals surface area (Å²) in [5.41, 5.74) is 10.6. The topological polar surface area (TPSA) is 130 Å². The van der Waals surface area contributed by atoms with Gasteiger partial charge >= 0.3 is 0 Å². The highest BCUT2D eigenvalue weighted by atomic mass is 28.4. The molecule has 3 heterocycles. The maximum atomic E-state index is 13.9. The highest BCUT2D eigenvalue weighted by molar-refractivity contribution is 6.74. The maximum Gasteiger partial charge on any atom is 0.256 e. The van der Waals surface area contributed by atoms with Gasteiger partial charge in [0.1, 0.15) is 0 Å². The van der Waals surface area contributed by atoms with Crippen molar-refractivity contribution >= 4 is 31.6 Å². The van der Waals surface area contributed by atoms with Gasteiger partial charge in [0.2, 0.25) is 0 Å². The molecular formula is C44H61N3O8Si. The number of ketones is 1. The normalized spacial score (nSPS) is 22.4. The summed E-state index contributed by atoms with van der Waals surface area (Å²) in [5.74, 6) is 2.25. The number of carbonyl (C=O) groups is 3. The van der Waals surface area contributed by atoms with Crippen molar-refractivity contribution in [3.8, 4) is 23.0 Å². The Bertz CT molecular complexity index is 1870. The fraction of sp³-hybridized carbons (Fsp3) is 0.568. The zero-order chi connectivity index (χ0) is 40.5. The average Bonchev–Trinajstić information content (AvgIpc) is 3.72. The van der Waals surface area contributed by atoms with Crippen LogP contribution in [0.4, 0.5) is 5.69 Å². The molecule has 1 saturated carbocycles. The number of benzene rings is 2. The number of amides is 2. The standard InChI is InChI=1S/C44H61N3O8Si/c1-27-17-30(26-55-56(8,9)44(3,4)5)46(24-27)43(50)34-22-39(52-7)41(23-35(34)45)54-16-12-10-11-15-53-40-20-32-31-14-13-29(31)19-37(48)36-18-28(2)25-47(36)42(49)33(32)21-38(40)51-6/h20-23,29-31,36H,1-2,10-19,24-26,45H2,3-9H3/t29?,30-,31?,36?/m0/s1. The van der Waals surface area contributed by atoms with Gasteiger partial charge in [0.15, 0.2) is 37.1 Å². The summed E-state index contributed by atoms with van der Waals surface area (Å²) in [6.45, 7) is 21.5. The molecular weight excluding hydrogens is 727 g/mol. The zero-order valence-electron chi connectivity index (χ0n) is 34.5. The molecule has 0 bridgehead atoms. The molecule has 2 N–H and O–H groups in total. The van der Waals surface area contributed by atoms with E-state index in [4.69, 9.17) is 29.1 Å². The summed E-state index contributed by atoms with van der Waals surface area (Å²) in [7, 11) is 1.14. The van der Waals surface area contributed by atoms with Crippen molar-refractivity contribution < 1.29 is 37.8 Å². The predicted molar refractivity (Wildman–Crippen MR) is 221 cm³/mol. The van der Waals surface area contributed by atoms with E-state index in [1.807, 2.05) is 11.0 Å². The number of anilines is 1. The molecule has 4 aliphatic rings. The Morgan fingerprint density at radius 2 is 1.50 bits per heavy atom. The Hall–Kier alpha value is -4.29. The van der Waals surface area contributed by atoms with E-state index in [0.29, 0.717) is 92.0 Å². The largest absolute Gasteiger partial charge is 0.493 e. The number of nitrogens with zero attached hydrogens (tertiary/aromatic N) is 2. The second kappa shape index (κ2) is 16.7. The van der Waals surface area contributed by atoms with Crippen molar-refractivity contribution in [3.05, 3.63) is 65.3 Å². The van der Waals surface area contributed by atoms with Crippen LogP contribution in [-0.4, -0.2) is 94.9 Å². The maximum absolute atomic E-state index is 13.9. The number of Topliss-reactive ketones (excluding diaryl/α,β-unsaturated/α-hetero) is 1. The second-order valence-electron chi connectivity index (χ2n) is 17.6. The Balaban J connectivity index is 1.03. The molecule has 11 nitrogen and oxygen atoms in total. The molecule has 56 heavy (non-hydrogen) atoms. The third-order valence-electron chi connectivity index (χ3n) is 12.7. The van der Waals surface area contributed by atoms with Crippen molar-refractivity contribution in [3.63, 3.8) is 0 Å². The third-order valence-corrected chi connectivity index (χ3v) is 17.2. The van der Waals surface area contributed by atoms with Crippen LogP contribution >= 0.6 is 0 Å².